The molecule has 3 saturated carbocycles. The summed E-state index contributed by atoms with van der Waals surface area (Å²) in [4.78, 5) is 12.8. The molecule has 4 aliphatic rings. The van der Waals surface area contributed by atoms with Crippen LogP contribution < -0.4 is 0 Å². The molecule has 31 heavy (non-hydrogen) atoms. The van der Waals surface area contributed by atoms with E-state index < -0.39 is 0 Å². The van der Waals surface area contributed by atoms with Crippen molar-refractivity contribution in [3.05, 3.63) is 23.3 Å². The number of rotatable bonds is 4. The van der Waals surface area contributed by atoms with Gasteiger partial charge in [-0.25, -0.2) is 0 Å². The summed E-state index contributed by atoms with van der Waals surface area (Å²) in [7, 11) is 0. The number of carbonyl (C=O) groups is 1. The van der Waals surface area contributed by atoms with Gasteiger partial charge in [-0.15, -0.1) is 0 Å². The number of fused-ring (bicyclic) bond motifs is 5. The Kier molecular flexibility index (Phi) is 5.71. The second-order valence-electron chi connectivity index (χ2n) is 13.4. The topological polar surface area (TPSA) is 17.1 Å². The molecule has 0 aliphatic heterocycles. The van der Waals surface area contributed by atoms with Gasteiger partial charge in [0.15, 0.2) is 0 Å². The molecule has 0 radical (unpaired) electrons. The van der Waals surface area contributed by atoms with Crippen LogP contribution in [0.3, 0.4) is 0 Å². The molecule has 0 amide bonds. The molecule has 0 saturated heterocycles. The molecular weight excluding hydrogens is 376 g/mol. The molecule has 3 fully saturated rings. The van der Waals surface area contributed by atoms with E-state index in [1.54, 1.807) is 0 Å². The third kappa shape index (κ3) is 3.26. The normalized spacial score (nSPS) is 44.6. The number of ketones is 1. The zero-order chi connectivity index (χ0) is 22.8. The van der Waals surface area contributed by atoms with Gasteiger partial charge >= 0.3 is 0 Å². The maximum absolute atomic E-state index is 12.8. The molecular formula is C30H48O. The first kappa shape index (κ1) is 23.3. The van der Waals surface area contributed by atoms with Crippen molar-refractivity contribution in [1.29, 1.82) is 0 Å². The predicted octanol–water partition coefficient (Wildman–Crippen LogP) is 8.54. The van der Waals surface area contributed by atoms with Gasteiger partial charge in [0.2, 0.25) is 0 Å². The molecule has 0 aromatic rings. The van der Waals surface area contributed by atoms with E-state index in [2.05, 4.69) is 67.5 Å². The number of allylic oxidation sites excluding steroid dienone is 4. The van der Waals surface area contributed by atoms with Crippen LogP contribution in [0, 0.1) is 45.3 Å². The second-order valence-corrected chi connectivity index (χ2v) is 13.4. The number of Topliss-reactive ketones (excluding diaryl/α,β-unsaturated/α-hetero) is 1. The first-order valence-corrected chi connectivity index (χ1v) is 13.2. The van der Waals surface area contributed by atoms with Crippen LogP contribution in [0.1, 0.15) is 113 Å². The maximum atomic E-state index is 12.8. The van der Waals surface area contributed by atoms with E-state index in [0.29, 0.717) is 33.9 Å². The molecule has 0 spiro atoms. The highest BCUT2D eigenvalue weighted by Gasteiger charge is 2.65. The summed E-state index contributed by atoms with van der Waals surface area (Å²) in [6.45, 7) is 19.3. The van der Waals surface area contributed by atoms with Gasteiger partial charge in [0.1, 0.15) is 5.78 Å². The van der Waals surface area contributed by atoms with Gasteiger partial charge in [-0.1, -0.05) is 64.8 Å². The largest absolute Gasteiger partial charge is 0.299 e. The van der Waals surface area contributed by atoms with Crippen LogP contribution >= 0.6 is 0 Å². The lowest BCUT2D eigenvalue weighted by atomic mass is 9.41. The van der Waals surface area contributed by atoms with Gasteiger partial charge in [0, 0.05) is 11.8 Å². The van der Waals surface area contributed by atoms with Crippen molar-refractivity contribution in [2.45, 2.75) is 113 Å². The van der Waals surface area contributed by atoms with Crippen LogP contribution in [-0.4, -0.2) is 5.78 Å². The number of hydrogen-bond acceptors (Lipinski definition) is 1. The molecule has 7 atom stereocenters. The van der Waals surface area contributed by atoms with Crippen LogP contribution in [0.4, 0.5) is 0 Å². The van der Waals surface area contributed by atoms with Crippen molar-refractivity contribution >= 4 is 5.78 Å². The fourth-order valence-electron chi connectivity index (χ4n) is 9.30. The fourth-order valence-corrected chi connectivity index (χ4v) is 9.30. The summed E-state index contributed by atoms with van der Waals surface area (Å²) in [5.74, 6) is 3.36. The number of hydrogen-bond donors (Lipinski definition) is 0. The summed E-state index contributed by atoms with van der Waals surface area (Å²) < 4.78 is 0. The second kappa shape index (κ2) is 7.59. The highest BCUT2D eigenvalue weighted by atomic mass is 16.1. The third-order valence-electron chi connectivity index (χ3n) is 11.5. The average Bonchev–Trinajstić information content (AvgIpc) is 2.96. The smallest absolute Gasteiger partial charge is 0.138 e. The molecule has 0 N–H and O–H groups in total. The lowest BCUT2D eigenvalue weighted by Crippen LogP contribution is -2.57. The van der Waals surface area contributed by atoms with Gasteiger partial charge in [0.25, 0.3) is 0 Å². The van der Waals surface area contributed by atoms with Crippen molar-refractivity contribution < 1.29 is 4.79 Å². The lowest BCUT2D eigenvalue weighted by Gasteiger charge is -2.63. The van der Waals surface area contributed by atoms with Crippen molar-refractivity contribution in [1.82, 2.24) is 0 Å². The van der Waals surface area contributed by atoms with Crippen molar-refractivity contribution in [2.75, 3.05) is 0 Å². The lowest BCUT2D eigenvalue weighted by molar-refractivity contribution is -0.146. The Balaban J connectivity index is 1.63. The molecule has 0 bridgehead atoms. The zero-order valence-electron chi connectivity index (χ0n) is 21.7. The van der Waals surface area contributed by atoms with Crippen molar-refractivity contribution in [2.24, 2.45) is 45.3 Å². The van der Waals surface area contributed by atoms with Gasteiger partial charge in [0.05, 0.1) is 0 Å². The maximum Gasteiger partial charge on any atom is 0.138 e. The summed E-state index contributed by atoms with van der Waals surface area (Å²) in [6.07, 6.45) is 16.2. The van der Waals surface area contributed by atoms with E-state index in [0.717, 1.165) is 31.1 Å². The van der Waals surface area contributed by atoms with Crippen molar-refractivity contribution in [3.8, 4) is 0 Å². The van der Waals surface area contributed by atoms with E-state index in [1.807, 2.05) is 5.57 Å². The standard InChI is InChI=1S/C30H48O/c1-20(2)10-9-11-21(3)22-14-18-30(8)24-12-13-25-27(4,5)26(31)16-17-28(25,6)23(24)15-19-29(22,30)7/h10,12,21-23,25H,9,11,13-19H2,1-8H3/t21?,22?,23?,25?,28-,29+,30-/m1/s1. The van der Waals surface area contributed by atoms with E-state index in [1.165, 1.54) is 44.1 Å². The van der Waals surface area contributed by atoms with Crippen LogP contribution in [0.15, 0.2) is 23.3 Å². The highest BCUT2D eigenvalue weighted by Crippen LogP contribution is 2.73. The first-order valence-electron chi connectivity index (χ1n) is 13.2. The van der Waals surface area contributed by atoms with Gasteiger partial charge in [-0.3, -0.25) is 4.79 Å². The first-order chi connectivity index (χ1) is 14.4. The SMILES string of the molecule is CC(C)=CCCC(C)C1CC[C@]2(C)C3=CCC4C(C)(C)C(=O)CC[C@]4(C)C3CC[C@@]12C. The van der Waals surface area contributed by atoms with E-state index in [-0.39, 0.29) is 5.41 Å². The Bertz CT molecular complexity index is 795. The zero-order valence-corrected chi connectivity index (χ0v) is 21.7. The minimum absolute atomic E-state index is 0.158. The van der Waals surface area contributed by atoms with Crippen LogP contribution in [0.2, 0.25) is 0 Å². The summed E-state index contributed by atoms with van der Waals surface area (Å²) in [6, 6.07) is 0. The summed E-state index contributed by atoms with van der Waals surface area (Å²) in [5.41, 5.74) is 4.20. The van der Waals surface area contributed by atoms with Gasteiger partial charge in [-0.05, 0) is 105 Å². The van der Waals surface area contributed by atoms with Gasteiger partial charge in [-0.2, -0.15) is 0 Å². The Morgan fingerprint density at radius 2 is 1.81 bits per heavy atom. The molecule has 4 unspecified atom stereocenters. The molecule has 1 nitrogen and oxygen atoms in total. The molecule has 4 aliphatic carbocycles. The fraction of sp³-hybridized carbons (Fsp3) is 0.833. The molecule has 1 heteroatoms. The highest BCUT2D eigenvalue weighted by molar-refractivity contribution is 5.85. The Hall–Kier alpha value is -0.850. The summed E-state index contributed by atoms with van der Waals surface area (Å²) >= 11 is 0. The van der Waals surface area contributed by atoms with E-state index in [4.69, 9.17) is 0 Å². The third-order valence-corrected chi connectivity index (χ3v) is 11.5. The Morgan fingerprint density at radius 1 is 1.10 bits per heavy atom. The average molecular weight is 425 g/mol. The Labute approximate surface area is 192 Å². The van der Waals surface area contributed by atoms with Gasteiger partial charge < -0.3 is 0 Å². The molecule has 0 heterocycles. The molecule has 0 aromatic heterocycles. The monoisotopic (exact) mass is 424 g/mol. The number of carbonyl (C=O) groups excluding carboxylic acids is 1. The molecule has 174 valence electrons. The summed E-state index contributed by atoms with van der Waals surface area (Å²) in [5, 5.41) is 0. The molecule has 0 aromatic carbocycles. The van der Waals surface area contributed by atoms with Crippen LogP contribution in [-0.2, 0) is 4.79 Å². The minimum Gasteiger partial charge on any atom is -0.299 e. The van der Waals surface area contributed by atoms with E-state index >= 15 is 0 Å². The predicted molar refractivity (Wildman–Crippen MR) is 132 cm³/mol. The molecule has 4 rings (SSSR count). The van der Waals surface area contributed by atoms with Crippen LogP contribution in [0.25, 0.3) is 0 Å². The van der Waals surface area contributed by atoms with Crippen molar-refractivity contribution in [3.63, 3.8) is 0 Å². The quantitative estimate of drug-likeness (QED) is 0.413. The van der Waals surface area contributed by atoms with Crippen LogP contribution in [0.5, 0.6) is 0 Å². The minimum atomic E-state index is -0.158. The van der Waals surface area contributed by atoms with E-state index in [9.17, 15) is 4.79 Å². The Morgan fingerprint density at radius 3 is 2.48 bits per heavy atom.